The van der Waals surface area contributed by atoms with E-state index in [-0.39, 0.29) is 24.2 Å². The van der Waals surface area contributed by atoms with Gasteiger partial charge in [-0.05, 0) is 26.7 Å². The fraction of sp³-hybridized carbons (Fsp3) is 0.929. The quantitative estimate of drug-likeness (QED) is 0.723. The molecule has 4 heteroatoms. The van der Waals surface area contributed by atoms with Crippen molar-refractivity contribution < 1.29 is 9.53 Å². The standard InChI is InChI=1S/C14H28N2O2/c1-5-8-12-14(17)16(11(4)10-18-7-3)13(15-12)9-6-2/h11-13,15H,5-10H2,1-4H3. The van der Waals surface area contributed by atoms with Crippen LogP contribution in [0.4, 0.5) is 0 Å². The molecular formula is C14H28N2O2. The predicted molar refractivity (Wildman–Crippen MR) is 73.3 cm³/mol. The van der Waals surface area contributed by atoms with Crippen molar-refractivity contribution in [2.45, 2.75) is 71.6 Å². The third kappa shape index (κ3) is 3.69. The van der Waals surface area contributed by atoms with Gasteiger partial charge in [-0.2, -0.15) is 0 Å². The number of ether oxygens (including phenoxy) is 1. The molecule has 0 aliphatic carbocycles. The Morgan fingerprint density at radius 2 is 1.94 bits per heavy atom. The Balaban J connectivity index is 2.67. The zero-order chi connectivity index (χ0) is 13.5. The summed E-state index contributed by atoms with van der Waals surface area (Å²) in [5.74, 6) is 0.252. The maximum atomic E-state index is 12.4. The molecule has 1 amide bonds. The van der Waals surface area contributed by atoms with E-state index in [2.05, 4.69) is 26.1 Å². The second-order valence-corrected chi connectivity index (χ2v) is 5.07. The molecule has 0 spiro atoms. The summed E-state index contributed by atoms with van der Waals surface area (Å²) in [5, 5.41) is 3.47. The Bertz CT molecular complexity index is 258. The summed E-state index contributed by atoms with van der Waals surface area (Å²) >= 11 is 0. The van der Waals surface area contributed by atoms with Crippen LogP contribution in [0, 0.1) is 0 Å². The van der Waals surface area contributed by atoms with Crippen molar-refractivity contribution >= 4 is 5.91 Å². The first-order valence-electron chi connectivity index (χ1n) is 7.31. The molecule has 0 radical (unpaired) electrons. The molecule has 106 valence electrons. The fourth-order valence-electron chi connectivity index (χ4n) is 2.60. The maximum absolute atomic E-state index is 12.4. The van der Waals surface area contributed by atoms with Crippen LogP contribution >= 0.6 is 0 Å². The van der Waals surface area contributed by atoms with Gasteiger partial charge in [0.15, 0.2) is 0 Å². The van der Waals surface area contributed by atoms with Crippen molar-refractivity contribution in [3.05, 3.63) is 0 Å². The fourth-order valence-corrected chi connectivity index (χ4v) is 2.60. The lowest BCUT2D eigenvalue weighted by Gasteiger charge is -2.30. The number of nitrogens with zero attached hydrogens (tertiary/aromatic N) is 1. The van der Waals surface area contributed by atoms with Crippen LogP contribution in [0.25, 0.3) is 0 Å². The number of hydrogen-bond donors (Lipinski definition) is 1. The summed E-state index contributed by atoms with van der Waals surface area (Å²) in [7, 11) is 0. The van der Waals surface area contributed by atoms with Crippen LogP contribution in [0.2, 0.25) is 0 Å². The summed E-state index contributed by atoms with van der Waals surface area (Å²) in [6.07, 6.45) is 4.26. The predicted octanol–water partition coefficient (Wildman–Crippen LogP) is 2.14. The van der Waals surface area contributed by atoms with Crippen LogP contribution in [0.15, 0.2) is 0 Å². The number of amides is 1. The molecule has 0 bridgehead atoms. The van der Waals surface area contributed by atoms with Crippen molar-refractivity contribution in [2.75, 3.05) is 13.2 Å². The van der Waals surface area contributed by atoms with Gasteiger partial charge >= 0.3 is 0 Å². The highest BCUT2D eigenvalue weighted by molar-refractivity contribution is 5.84. The monoisotopic (exact) mass is 256 g/mol. The smallest absolute Gasteiger partial charge is 0.241 e. The zero-order valence-corrected chi connectivity index (χ0v) is 12.2. The van der Waals surface area contributed by atoms with Gasteiger partial charge in [0.1, 0.15) is 0 Å². The summed E-state index contributed by atoms with van der Waals surface area (Å²) in [4.78, 5) is 14.4. The Hall–Kier alpha value is -0.610. The molecule has 1 aliphatic rings. The number of rotatable bonds is 8. The summed E-state index contributed by atoms with van der Waals surface area (Å²) in [6.45, 7) is 9.67. The minimum Gasteiger partial charge on any atom is -0.380 e. The molecule has 1 heterocycles. The van der Waals surface area contributed by atoms with E-state index in [4.69, 9.17) is 4.74 Å². The Labute approximate surface area is 111 Å². The molecule has 1 fully saturated rings. The molecule has 0 aromatic carbocycles. The van der Waals surface area contributed by atoms with E-state index >= 15 is 0 Å². The first-order chi connectivity index (χ1) is 8.65. The number of carbonyl (C=O) groups excluding carboxylic acids is 1. The van der Waals surface area contributed by atoms with E-state index in [0.29, 0.717) is 13.2 Å². The number of nitrogens with one attached hydrogen (secondary N) is 1. The molecule has 0 saturated carbocycles. The number of hydrogen-bond acceptors (Lipinski definition) is 3. The summed E-state index contributed by atoms with van der Waals surface area (Å²) in [5.41, 5.74) is 0. The van der Waals surface area contributed by atoms with Gasteiger partial charge in [-0.15, -0.1) is 0 Å². The van der Waals surface area contributed by atoms with Crippen molar-refractivity contribution in [3.8, 4) is 0 Å². The van der Waals surface area contributed by atoms with Crippen LogP contribution in [-0.2, 0) is 9.53 Å². The highest BCUT2D eigenvalue weighted by atomic mass is 16.5. The Kier molecular flexibility index (Phi) is 6.65. The molecule has 0 aromatic rings. The van der Waals surface area contributed by atoms with Crippen LogP contribution in [0.5, 0.6) is 0 Å². The second kappa shape index (κ2) is 7.74. The van der Waals surface area contributed by atoms with Gasteiger partial charge in [0, 0.05) is 6.61 Å². The Morgan fingerprint density at radius 3 is 2.50 bits per heavy atom. The highest BCUT2D eigenvalue weighted by Crippen LogP contribution is 2.21. The lowest BCUT2D eigenvalue weighted by molar-refractivity contribution is -0.133. The van der Waals surface area contributed by atoms with Crippen molar-refractivity contribution in [3.63, 3.8) is 0 Å². The lowest BCUT2D eigenvalue weighted by atomic mass is 10.1. The summed E-state index contributed by atoms with van der Waals surface area (Å²) < 4.78 is 5.46. The third-order valence-corrected chi connectivity index (χ3v) is 3.46. The minimum absolute atomic E-state index is 0.00984. The molecule has 0 aromatic heterocycles. The van der Waals surface area contributed by atoms with E-state index in [0.717, 1.165) is 25.7 Å². The molecule has 4 nitrogen and oxygen atoms in total. The van der Waals surface area contributed by atoms with Crippen molar-refractivity contribution in [2.24, 2.45) is 0 Å². The molecule has 1 rings (SSSR count). The average molecular weight is 256 g/mol. The second-order valence-electron chi connectivity index (χ2n) is 5.07. The maximum Gasteiger partial charge on any atom is 0.241 e. The van der Waals surface area contributed by atoms with Gasteiger partial charge in [0.2, 0.25) is 5.91 Å². The normalized spacial score (nSPS) is 25.8. The van der Waals surface area contributed by atoms with Gasteiger partial charge in [0.25, 0.3) is 0 Å². The van der Waals surface area contributed by atoms with Gasteiger partial charge < -0.3 is 9.64 Å². The zero-order valence-electron chi connectivity index (χ0n) is 12.2. The van der Waals surface area contributed by atoms with E-state index < -0.39 is 0 Å². The summed E-state index contributed by atoms with van der Waals surface area (Å²) in [6, 6.07) is 0.166. The highest BCUT2D eigenvalue weighted by Gasteiger charge is 2.39. The average Bonchev–Trinajstić information content (AvgIpc) is 2.64. The van der Waals surface area contributed by atoms with Crippen molar-refractivity contribution in [1.29, 1.82) is 0 Å². The molecule has 1 N–H and O–H groups in total. The van der Waals surface area contributed by atoms with Crippen LogP contribution in [0.1, 0.15) is 53.4 Å². The van der Waals surface area contributed by atoms with Crippen LogP contribution < -0.4 is 5.32 Å². The number of carbonyl (C=O) groups is 1. The van der Waals surface area contributed by atoms with E-state index in [1.807, 2.05) is 11.8 Å². The van der Waals surface area contributed by atoms with Crippen LogP contribution in [0.3, 0.4) is 0 Å². The molecule has 18 heavy (non-hydrogen) atoms. The van der Waals surface area contributed by atoms with Gasteiger partial charge in [-0.3, -0.25) is 10.1 Å². The molecule has 1 aliphatic heterocycles. The van der Waals surface area contributed by atoms with E-state index in [1.54, 1.807) is 0 Å². The lowest BCUT2D eigenvalue weighted by Crippen LogP contribution is -2.45. The first kappa shape index (κ1) is 15.4. The minimum atomic E-state index is 0.00984. The molecular weight excluding hydrogens is 228 g/mol. The topological polar surface area (TPSA) is 41.6 Å². The molecule has 1 saturated heterocycles. The van der Waals surface area contributed by atoms with E-state index in [9.17, 15) is 4.79 Å². The van der Waals surface area contributed by atoms with E-state index in [1.165, 1.54) is 0 Å². The molecule has 3 atom stereocenters. The first-order valence-corrected chi connectivity index (χ1v) is 7.31. The SMILES string of the molecule is CCCC1NC(CCC)N(C(C)COCC)C1=O. The third-order valence-electron chi connectivity index (χ3n) is 3.46. The van der Waals surface area contributed by atoms with Crippen LogP contribution in [-0.4, -0.2) is 42.3 Å². The largest absolute Gasteiger partial charge is 0.380 e. The van der Waals surface area contributed by atoms with Crippen molar-refractivity contribution in [1.82, 2.24) is 10.2 Å². The molecule has 3 unspecified atom stereocenters. The van der Waals surface area contributed by atoms with Gasteiger partial charge in [-0.25, -0.2) is 0 Å². The van der Waals surface area contributed by atoms with Gasteiger partial charge in [-0.1, -0.05) is 26.7 Å². The Morgan fingerprint density at radius 1 is 1.28 bits per heavy atom. The van der Waals surface area contributed by atoms with Gasteiger partial charge in [0.05, 0.1) is 24.9 Å².